The molecule has 1 radical (unpaired) electrons. The smallest absolute Gasteiger partial charge is 0.198 e. The van der Waals surface area contributed by atoms with Crippen molar-refractivity contribution >= 4 is 6.29 Å². The van der Waals surface area contributed by atoms with Gasteiger partial charge in [-0.05, 0) is 37.0 Å². The first-order chi connectivity index (χ1) is 8.31. The number of rotatable bonds is 8. The van der Waals surface area contributed by atoms with Crippen molar-refractivity contribution in [3.8, 4) is 11.5 Å². The summed E-state index contributed by atoms with van der Waals surface area (Å²) in [4.78, 5) is 10.0. The van der Waals surface area contributed by atoms with Crippen molar-refractivity contribution in [1.29, 1.82) is 0 Å². The lowest BCUT2D eigenvalue weighted by atomic mass is 10.1. The Hall–Kier alpha value is -1.51. The van der Waals surface area contributed by atoms with Crippen LogP contribution in [0.3, 0.4) is 0 Å². The first-order valence-corrected chi connectivity index (χ1v) is 5.87. The van der Waals surface area contributed by atoms with E-state index in [0.717, 1.165) is 37.2 Å². The van der Waals surface area contributed by atoms with E-state index in [0.29, 0.717) is 6.42 Å². The summed E-state index contributed by atoms with van der Waals surface area (Å²) in [6.07, 6.45) is 6.53. The van der Waals surface area contributed by atoms with Crippen LogP contribution in [0.1, 0.15) is 31.2 Å². The van der Waals surface area contributed by atoms with Crippen molar-refractivity contribution in [2.75, 3.05) is 14.2 Å². The number of carbonyl (C=O) groups excluding carboxylic acids is 1. The average molecular weight is 235 g/mol. The number of aryl methyl sites for hydroxylation is 1. The predicted molar refractivity (Wildman–Crippen MR) is 67.4 cm³/mol. The summed E-state index contributed by atoms with van der Waals surface area (Å²) in [5, 5.41) is 0. The third-order valence-corrected chi connectivity index (χ3v) is 2.69. The van der Waals surface area contributed by atoms with E-state index in [1.165, 1.54) is 5.56 Å². The largest absolute Gasteiger partial charge is 0.493 e. The first-order valence-electron chi connectivity index (χ1n) is 5.87. The van der Waals surface area contributed by atoms with Crippen LogP contribution >= 0.6 is 0 Å². The van der Waals surface area contributed by atoms with Crippen molar-refractivity contribution in [3.05, 3.63) is 23.8 Å². The number of hydrogen-bond donors (Lipinski definition) is 0. The van der Waals surface area contributed by atoms with Gasteiger partial charge in [-0.3, -0.25) is 4.79 Å². The molecule has 0 amide bonds. The topological polar surface area (TPSA) is 35.5 Å². The van der Waals surface area contributed by atoms with Gasteiger partial charge in [-0.25, -0.2) is 0 Å². The molecule has 17 heavy (non-hydrogen) atoms. The molecule has 0 heterocycles. The van der Waals surface area contributed by atoms with Gasteiger partial charge in [-0.2, -0.15) is 0 Å². The molecule has 0 aliphatic carbocycles. The number of methoxy groups -OCH3 is 2. The molecule has 0 N–H and O–H groups in total. The highest BCUT2D eigenvalue weighted by Gasteiger charge is 2.04. The molecule has 0 aliphatic rings. The monoisotopic (exact) mass is 235 g/mol. The van der Waals surface area contributed by atoms with E-state index in [1.807, 2.05) is 24.5 Å². The lowest BCUT2D eigenvalue weighted by molar-refractivity contribution is 0.354. The maximum atomic E-state index is 10.0. The van der Waals surface area contributed by atoms with Gasteiger partial charge in [0.2, 0.25) is 0 Å². The van der Waals surface area contributed by atoms with Crippen molar-refractivity contribution < 1.29 is 14.3 Å². The SMILES string of the molecule is COc1ccc(CCCCC[C]=O)cc1OC. The minimum atomic E-state index is 0.548. The predicted octanol–water partition coefficient (Wildman–Crippen LogP) is 2.92. The molecule has 0 spiro atoms. The van der Waals surface area contributed by atoms with Crippen LogP contribution in [0.15, 0.2) is 18.2 Å². The molecule has 3 heteroatoms. The Morgan fingerprint density at radius 2 is 1.82 bits per heavy atom. The van der Waals surface area contributed by atoms with Gasteiger partial charge in [0.05, 0.1) is 14.2 Å². The zero-order valence-electron chi connectivity index (χ0n) is 10.5. The lowest BCUT2D eigenvalue weighted by Crippen LogP contribution is -1.93. The highest BCUT2D eigenvalue weighted by atomic mass is 16.5. The summed E-state index contributed by atoms with van der Waals surface area (Å²) in [6, 6.07) is 5.98. The zero-order valence-corrected chi connectivity index (χ0v) is 10.5. The second kappa shape index (κ2) is 7.71. The minimum Gasteiger partial charge on any atom is -0.493 e. The summed E-state index contributed by atoms with van der Waals surface area (Å²) in [5.74, 6) is 1.53. The van der Waals surface area contributed by atoms with Gasteiger partial charge in [-0.1, -0.05) is 12.5 Å². The van der Waals surface area contributed by atoms with E-state index >= 15 is 0 Å². The Balaban J connectivity index is 2.45. The molecule has 0 aliphatic heterocycles. The normalized spacial score (nSPS) is 10.0. The fourth-order valence-electron chi connectivity index (χ4n) is 1.74. The molecule has 0 fully saturated rings. The van der Waals surface area contributed by atoms with Gasteiger partial charge in [-0.15, -0.1) is 0 Å². The summed E-state index contributed by atoms with van der Waals surface area (Å²) in [6.45, 7) is 0. The Kier molecular flexibility index (Phi) is 6.15. The van der Waals surface area contributed by atoms with E-state index in [9.17, 15) is 4.79 Å². The fraction of sp³-hybridized carbons (Fsp3) is 0.500. The molecular formula is C14H19O3. The highest BCUT2D eigenvalue weighted by Crippen LogP contribution is 2.28. The van der Waals surface area contributed by atoms with Gasteiger partial charge in [0.15, 0.2) is 17.8 Å². The molecule has 1 rings (SSSR count). The quantitative estimate of drug-likeness (QED) is 0.650. The minimum absolute atomic E-state index is 0.548. The number of hydrogen-bond acceptors (Lipinski definition) is 3. The van der Waals surface area contributed by atoms with Crippen LogP contribution in [0.2, 0.25) is 0 Å². The molecule has 1 aromatic rings. The maximum absolute atomic E-state index is 10.0. The molecule has 0 atom stereocenters. The van der Waals surface area contributed by atoms with Crippen molar-refractivity contribution in [1.82, 2.24) is 0 Å². The Bertz CT molecular complexity index is 347. The van der Waals surface area contributed by atoms with Gasteiger partial charge < -0.3 is 9.47 Å². The first kappa shape index (κ1) is 13.6. The molecule has 0 unspecified atom stereocenters. The fourth-order valence-corrected chi connectivity index (χ4v) is 1.74. The Labute approximate surface area is 103 Å². The van der Waals surface area contributed by atoms with Gasteiger partial charge in [0, 0.05) is 6.42 Å². The van der Waals surface area contributed by atoms with Crippen LogP contribution in [-0.4, -0.2) is 20.5 Å². The van der Waals surface area contributed by atoms with Crippen molar-refractivity contribution in [3.63, 3.8) is 0 Å². The van der Waals surface area contributed by atoms with Crippen LogP contribution in [0.25, 0.3) is 0 Å². The van der Waals surface area contributed by atoms with Crippen molar-refractivity contribution in [2.24, 2.45) is 0 Å². The van der Waals surface area contributed by atoms with Gasteiger partial charge >= 0.3 is 0 Å². The van der Waals surface area contributed by atoms with E-state index in [1.54, 1.807) is 14.2 Å². The van der Waals surface area contributed by atoms with Crippen LogP contribution in [0.5, 0.6) is 11.5 Å². The number of benzene rings is 1. The molecule has 93 valence electrons. The number of unbranched alkanes of at least 4 members (excludes halogenated alkanes) is 3. The summed E-state index contributed by atoms with van der Waals surface area (Å²) in [7, 11) is 3.27. The van der Waals surface area contributed by atoms with E-state index < -0.39 is 0 Å². The second-order valence-corrected chi connectivity index (χ2v) is 3.89. The van der Waals surface area contributed by atoms with E-state index in [-0.39, 0.29) is 0 Å². The molecule has 0 aromatic heterocycles. The third-order valence-electron chi connectivity index (χ3n) is 2.69. The number of ether oxygens (including phenoxy) is 2. The molecule has 0 saturated carbocycles. The summed E-state index contributed by atoms with van der Waals surface area (Å²) < 4.78 is 10.4. The second-order valence-electron chi connectivity index (χ2n) is 3.89. The molecule has 0 saturated heterocycles. The molecule has 0 bridgehead atoms. The Morgan fingerprint density at radius 1 is 1.06 bits per heavy atom. The molecular weight excluding hydrogens is 216 g/mol. The van der Waals surface area contributed by atoms with E-state index in [4.69, 9.17) is 9.47 Å². The molecule has 1 aromatic carbocycles. The summed E-state index contributed by atoms with van der Waals surface area (Å²) >= 11 is 0. The lowest BCUT2D eigenvalue weighted by Gasteiger charge is -2.09. The van der Waals surface area contributed by atoms with Crippen LogP contribution < -0.4 is 9.47 Å². The average Bonchev–Trinajstić information content (AvgIpc) is 2.38. The van der Waals surface area contributed by atoms with E-state index in [2.05, 4.69) is 0 Å². The molecule has 3 nitrogen and oxygen atoms in total. The standard InChI is InChI=1S/C14H19O3/c1-16-13-9-8-12(11-14(13)17-2)7-5-3-4-6-10-15/h8-9,11H,3-7H2,1-2H3. The third kappa shape index (κ3) is 4.47. The van der Waals surface area contributed by atoms with Crippen molar-refractivity contribution in [2.45, 2.75) is 32.1 Å². The van der Waals surface area contributed by atoms with Gasteiger partial charge in [0.1, 0.15) is 0 Å². The maximum Gasteiger partial charge on any atom is 0.198 e. The van der Waals surface area contributed by atoms with Gasteiger partial charge in [0.25, 0.3) is 0 Å². The van der Waals surface area contributed by atoms with Crippen LogP contribution in [0, 0.1) is 0 Å². The highest BCUT2D eigenvalue weighted by molar-refractivity contribution is 5.50. The van der Waals surface area contributed by atoms with Crippen LogP contribution in [-0.2, 0) is 11.2 Å². The van der Waals surface area contributed by atoms with Crippen LogP contribution in [0.4, 0.5) is 0 Å². The zero-order chi connectivity index (χ0) is 12.5. The Morgan fingerprint density at radius 3 is 2.47 bits per heavy atom. The summed E-state index contributed by atoms with van der Waals surface area (Å²) in [5.41, 5.74) is 1.23.